The molecule has 5 heteroatoms. The van der Waals surface area contributed by atoms with E-state index in [1.165, 1.54) is 0 Å². The molecule has 1 saturated heterocycles. The Labute approximate surface area is 107 Å². The van der Waals surface area contributed by atoms with Crippen molar-refractivity contribution in [3.8, 4) is 6.07 Å². The molecule has 0 radical (unpaired) electrons. The average molecular weight is 246 g/mol. The number of anilines is 1. The van der Waals surface area contributed by atoms with Gasteiger partial charge in [-0.25, -0.2) is 4.98 Å². The van der Waals surface area contributed by atoms with Crippen molar-refractivity contribution in [3.05, 3.63) is 23.9 Å². The zero-order valence-electron chi connectivity index (χ0n) is 10.8. The van der Waals surface area contributed by atoms with Crippen molar-refractivity contribution in [1.29, 1.82) is 5.26 Å². The van der Waals surface area contributed by atoms with E-state index in [4.69, 9.17) is 10.00 Å². The second-order valence-electron chi connectivity index (χ2n) is 4.39. The highest BCUT2D eigenvalue weighted by atomic mass is 16.5. The molecule has 0 aliphatic carbocycles. The minimum atomic E-state index is -0.351. The van der Waals surface area contributed by atoms with Crippen molar-refractivity contribution in [2.45, 2.75) is 19.1 Å². The molecule has 1 N–H and O–H groups in total. The SMILES string of the molecule is CNC(C)c1ccc(N2CCOC(C#N)C2)nc1. The molecule has 2 rings (SSSR count). The van der Waals surface area contributed by atoms with Gasteiger partial charge in [0, 0.05) is 18.8 Å². The fourth-order valence-electron chi connectivity index (χ4n) is 1.94. The molecule has 1 aromatic heterocycles. The van der Waals surface area contributed by atoms with Crippen molar-refractivity contribution < 1.29 is 4.74 Å². The Morgan fingerprint density at radius 3 is 3.06 bits per heavy atom. The lowest BCUT2D eigenvalue weighted by Gasteiger charge is -2.30. The van der Waals surface area contributed by atoms with Crippen molar-refractivity contribution in [2.24, 2.45) is 0 Å². The number of rotatable bonds is 3. The van der Waals surface area contributed by atoms with E-state index in [2.05, 4.69) is 34.3 Å². The van der Waals surface area contributed by atoms with Gasteiger partial charge < -0.3 is 15.0 Å². The summed E-state index contributed by atoms with van der Waals surface area (Å²) in [5.74, 6) is 0.908. The number of ether oxygens (including phenoxy) is 1. The van der Waals surface area contributed by atoms with Crippen molar-refractivity contribution in [3.63, 3.8) is 0 Å². The smallest absolute Gasteiger partial charge is 0.161 e. The van der Waals surface area contributed by atoms with Crippen molar-refractivity contribution in [2.75, 3.05) is 31.6 Å². The van der Waals surface area contributed by atoms with E-state index in [1.54, 1.807) is 0 Å². The quantitative estimate of drug-likeness (QED) is 0.865. The van der Waals surface area contributed by atoms with E-state index >= 15 is 0 Å². The number of pyridine rings is 1. The van der Waals surface area contributed by atoms with Gasteiger partial charge in [-0.3, -0.25) is 0 Å². The summed E-state index contributed by atoms with van der Waals surface area (Å²) in [6, 6.07) is 6.51. The second-order valence-corrected chi connectivity index (χ2v) is 4.39. The summed E-state index contributed by atoms with van der Waals surface area (Å²) in [6.07, 6.45) is 1.53. The molecule has 18 heavy (non-hydrogen) atoms. The third-order valence-corrected chi connectivity index (χ3v) is 3.24. The third-order valence-electron chi connectivity index (χ3n) is 3.24. The van der Waals surface area contributed by atoms with Gasteiger partial charge in [0.1, 0.15) is 5.82 Å². The van der Waals surface area contributed by atoms with Gasteiger partial charge in [-0.05, 0) is 25.6 Å². The standard InChI is InChI=1S/C13H18N4O/c1-10(15-2)11-3-4-13(16-8-11)17-5-6-18-12(7-14)9-17/h3-4,8,10,12,15H,5-6,9H2,1-2H3. The predicted molar refractivity (Wildman–Crippen MR) is 69.3 cm³/mol. The van der Waals surface area contributed by atoms with Crippen LogP contribution in [0.5, 0.6) is 0 Å². The Bertz CT molecular complexity index is 426. The van der Waals surface area contributed by atoms with Crippen LogP contribution in [-0.2, 0) is 4.74 Å². The number of morpholine rings is 1. The molecule has 1 fully saturated rings. The van der Waals surface area contributed by atoms with Gasteiger partial charge in [0.25, 0.3) is 0 Å². The molecule has 0 saturated carbocycles. The van der Waals surface area contributed by atoms with E-state index in [9.17, 15) is 0 Å². The minimum absolute atomic E-state index is 0.295. The van der Waals surface area contributed by atoms with E-state index in [1.807, 2.05) is 19.3 Å². The van der Waals surface area contributed by atoms with Crippen molar-refractivity contribution in [1.82, 2.24) is 10.3 Å². The maximum Gasteiger partial charge on any atom is 0.161 e. The Morgan fingerprint density at radius 2 is 2.44 bits per heavy atom. The predicted octanol–water partition coefficient (Wildman–Crippen LogP) is 1.09. The van der Waals surface area contributed by atoms with Crippen LogP contribution in [0.4, 0.5) is 5.82 Å². The van der Waals surface area contributed by atoms with E-state index in [-0.39, 0.29) is 6.10 Å². The number of aromatic nitrogens is 1. The second kappa shape index (κ2) is 5.80. The van der Waals surface area contributed by atoms with Gasteiger partial charge >= 0.3 is 0 Å². The molecule has 0 bridgehead atoms. The van der Waals surface area contributed by atoms with Crippen LogP contribution in [0.25, 0.3) is 0 Å². The highest BCUT2D eigenvalue weighted by Crippen LogP contribution is 2.18. The maximum absolute atomic E-state index is 8.87. The van der Waals surface area contributed by atoms with Gasteiger partial charge in [0.2, 0.25) is 0 Å². The Morgan fingerprint density at radius 1 is 1.61 bits per heavy atom. The number of hydrogen-bond donors (Lipinski definition) is 1. The molecule has 2 heterocycles. The van der Waals surface area contributed by atoms with Crippen LogP contribution in [0.3, 0.4) is 0 Å². The molecule has 2 unspecified atom stereocenters. The van der Waals surface area contributed by atoms with Crippen LogP contribution in [0, 0.1) is 11.3 Å². The molecule has 96 valence electrons. The average Bonchev–Trinajstić information content (AvgIpc) is 2.46. The first-order chi connectivity index (χ1) is 8.74. The lowest BCUT2D eigenvalue weighted by molar-refractivity contribution is 0.0761. The molecule has 0 aromatic carbocycles. The molecule has 1 aromatic rings. The van der Waals surface area contributed by atoms with E-state index < -0.39 is 0 Å². The number of nitriles is 1. The monoisotopic (exact) mass is 246 g/mol. The van der Waals surface area contributed by atoms with Gasteiger partial charge in [-0.2, -0.15) is 5.26 Å². The summed E-state index contributed by atoms with van der Waals surface area (Å²) >= 11 is 0. The van der Waals surface area contributed by atoms with E-state index in [0.29, 0.717) is 19.2 Å². The van der Waals surface area contributed by atoms with Crippen LogP contribution in [-0.4, -0.2) is 37.8 Å². The Kier molecular flexibility index (Phi) is 4.13. The maximum atomic E-state index is 8.87. The molecule has 1 aliphatic rings. The minimum Gasteiger partial charge on any atom is -0.360 e. The fourth-order valence-corrected chi connectivity index (χ4v) is 1.94. The van der Waals surface area contributed by atoms with Gasteiger partial charge in [-0.1, -0.05) is 6.07 Å². The first-order valence-electron chi connectivity index (χ1n) is 6.14. The molecular formula is C13H18N4O. The first kappa shape index (κ1) is 12.8. The summed E-state index contributed by atoms with van der Waals surface area (Å²) in [5, 5.41) is 12.1. The molecule has 5 nitrogen and oxygen atoms in total. The highest BCUT2D eigenvalue weighted by molar-refractivity contribution is 5.40. The van der Waals surface area contributed by atoms with Gasteiger partial charge in [0.05, 0.1) is 19.2 Å². The van der Waals surface area contributed by atoms with Crippen LogP contribution in [0.15, 0.2) is 18.3 Å². The topological polar surface area (TPSA) is 61.2 Å². The first-order valence-corrected chi connectivity index (χ1v) is 6.14. The number of nitrogens with one attached hydrogen (secondary N) is 1. The Hall–Kier alpha value is -1.64. The lowest BCUT2D eigenvalue weighted by Crippen LogP contribution is -2.42. The lowest BCUT2D eigenvalue weighted by atomic mass is 10.1. The summed E-state index contributed by atoms with van der Waals surface area (Å²) in [7, 11) is 1.93. The van der Waals surface area contributed by atoms with Gasteiger partial charge in [-0.15, -0.1) is 0 Å². The number of nitrogens with zero attached hydrogens (tertiary/aromatic N) is 3. The summed E-state index contributed by atoms with van der Waals surface area (Å²) in [4.78, 5) is 6.55. The summed E-state index contributed by atoms with van der Waals surface area (Å²) < 4.78 is 5.32. The molecular weight excluding hydrogens is 228 g/mol. The largest absolute Gasteiger partial charge is 0.360 e. The normalized spacial score (nSPS) is 21.4. The van der Waals surface area contributed by atoms with Gasteiger partial charge in [0.15, 0.2) is 6.10 Å². The van der Waals surface area contributed by atoms with Crippen LogP contribution in [0.2, 0.25) is 0 Å². The third kappa shape index (κ3) is 2.78. The summed E-state index contributed by atoms with van der Waals surface area (Å²) in [6.45, 7) is 4.04. The van der Waals surface area contributed by atoms with Crippen LogP contribution in [0.1, 0.15) is 18.5 Å². The molecule has 2 atom stereocenters. The number of hydrogen-bond acceptors (Lipinski definition) is 5. The van der Waals surface area contributed by atoms with Crippen LogP contribution >= 0.6 is 0 Å². The van der Waals surface area contributed by atoms with Crippen LogP contribution < -0.4 is 10.2 Å². The van der Waals surface area contributed by atoms with E-state index in [0.717, 1.165) is 17.9 Å². The fraction of sp³-hybridized carbons (Fsp3) is 0.538. The Balaban J connectivity index is 2.07. The highest BCUT2D eigenvalue weighted by Gasteiger charge is 2.20. The molecule has 0 amide bonds. The molecule has 1 aliphatic heterocycles. The zero-order chi connectivity index (χ0) is 13.0. The summed E-state index contributed by atoms with van der Waals surface area (Å²) in [5.41, 5.74) is 1.16. The molecule has 0 spiro atoms. The van der Waals surface area contributed by atoms with Crippen molar-refractivity contribution >= 4 is 5.82 Å². The zero-order valence-corrected chi connectivity index (χ0v) is 10.8.